The molecule has 0 radical (unpaired) electrons. The second-order valence-corrected chi connectivity index (χ2v) is 11.9. The number of aliphatic hydroxyl groups excluding tert-OH is 1. The van der Waals surface area contributed by atoms with Gasteiger partial charge >= 0.3 is 0 Å². The molecule has 0 fully saturated rings. The molecule has 0 aliphatic carbocycles. The molecule has 0 aliphatic rings. The van der Waals surface area contributed by atoms with Crippen LogP contribution < -0.4 is 10.5 Å². The molecule has 1 aromatic rings. The lowest BCUT2D eigenvalue weighted by Gasteiger charge is -2.16. The summed E-state index contributed by atoms with van der Waals surface area (Å²) in [5.41, 5.74) is 6.60. The summed E-state index contributed by atoms with van der Waals surface area (Å²) in [4.78, 5) is 0. The predicted octanol–water partition coefficient (Wildman–Crippen LogP) is 2.72. The lowest BCUT2D eigenvalue weighted by Crippen LogP contribution is -2.22. The molecular formula is C15H26N2O3Si. The normalized spacial score (nSPS) is 13.0. The predicted molar refractivity (Wildman–Crippen MR) is 87.7 cm³/mol. The van der Waals surface area contributed by atoms with Gasteiger partial charge in [-0.2, -0.15) is 0 Å². The minimum absolute atomic E-state index is 0.0659. The Bertz CT molecular complexity index is 484. The molecule has 0 bridgehead atoms. The molecule has 1 atom stereocenters. The van der Waals surface area contributed by atoms with Crippen LogP contribution in [0, 0.1) is 5.41 Å². The first-order valence-corrected chi connectivity index (χ1v) is 10.8. The summed E-state index contributed by atoms with van der Waals surface area (Å²) < 4.78 is 11.0. The van der Waals surface area contributed by atoms with E-state index in [4.69, 9.17) is 20.6 Å². The summed E-state index contributed by atoms with van der Waals surface area (Å²) in [6.07, 6.45) is -0.708. The van der Waals surface area contributed by atoms with Crippen LogP contribution >= 0.6 is 0 Å². The summed E-state index contributed by atoms with van der Waals surface area (Å²) in [5.74, 6) is 0.535. The van der Waals surface area contributed by atoms with Crippen molar-refractivity contribution in [2.75, 3.05) is 13.4 Å². The molecule has 0 spiro atoms. The molecule has 5 nitrogen and oxygen atoms in total. The van der Waals surface area contributed by atoms with E-state index >= 15 is 0 Å². The molecule has 0 saturated carbocycles. The van der Waals surface area contributed by atoms with E-state index in [0.29, 0.717) is 23.5 Å². The van der Waals surface area contributed by atoms with Crippen LogP contribution in [-0.2, 0) is 4.74 Å². The zero-order valence-corrected chi connectivity index (χ0v) is 14.3. The van der Waals surface area contributed by atoms with Gasteiger partial charge in [0.15, 0.2) is 6.79 Å². The fourth-order valence-corrected chi connectivity index (χ4v) is 2.53. The minimum atomic E-state index is -1.08. The number of ether oxygens (including phenoxy) is 2. The van der Waals surface area contributed by atoms with E-state index in [1.165, 1.54) is 0 Å². The van der Waals surface area contributed by atoms with E-state index in [1.54, 1.807) is 25.1 Å². The van der Waals surface area contributed by atoms with Crippen LogP contribution in [0.2, 0.25) is 25.7 Å². The van der Waals surface area contributed by atoms with Crippen molar-refractivity contribution in [1.82, 2.24) is 0 Å². The number of aliphatic hydroxyl groups is 1. The molecule has 0 aliphatic heterocycles. The number of nitrogens with one attached hydrogen (secondary N) is 1. The van der Waals surface area contributed by atoms with E-state index < -0.39 is 14.2 Å². The summed E-state index contributed by atoms with van der Waals surface area (Å²) >= 11 is 0. The Balaban J connectivity index is 2.57. The maximum atomic E-state index is 9.74. The number of nitrogens with two attached hydrogens (primary N) is 1. The molecule has 0 saturated heterocycles. The van der Waals surface area contributed by atoms with Gasteiger partial charge in [0.2, 0.25) is 0 Å². The van der Waals surface area contributed by atoms with Crippen LogP contribution in [0.15, 0.2) is 18.2 Å². The Morgan fingerprint density at radius 1 is 1.38 bits per heavy atom. The van der Waals surface area contributed by atoms with Gasteiger partial charge in [-0.15, -0.1) is 0 Å². The van der Waals surface area contributed by atoms with Crippen LogP contribution in [-0.4, -0.2) is 32.4 Å². The third kappa shape index (κ3) is 6.28. The van der Waals surface area contributed by atoms with Gasteiger partial charge in [0.1, 0.15) is 11.6 Å². The van der Waals surface area contributed by atoms with Gasteiger partial charge in [-0.05, 0) is 36.7 Å². The number of amidine groups is 1. The van der Waals surface area contributed by atoms with Gasteiger partial charge in [-0.25, -0.2) is 0 Å². The summed E-state index contributed by atoms with van der Waals surface area (Å²) in [5, 5.41) is 17.2. The summed E-state index contributed by atoms with van der Waals surface area (Å²) in [7, 11) is -1.08. The fraction of sp³-hybridized carbons (Fsp3) is 0.533. The minimum Gasteiger partial charge on any atom is -0.468 e. The van der Waals surface area contributed by atoms with E-state index in [0.717, 1.165) is 6.04 Å². The van der Waals surface area contributed by atoms with Crippen LogP contribution in [0.1, 0.15) is 24.2 Å². The molecular weight excluding hydrogens is 284 g/mol. The van der Waals surface area contributed by atoms with Crippen molar-refractivity contribution >= 4 is 13.9 Å². The summed E-state index contributed by atoms with van der Waals surface area (Å²) in [6.45, 7) is 9.41. The average molecular weight is 310 g/mol. The SMILES string of the molecule is CC(O)c1cc(OCOCC[Si](C)(C)C)ccc1C(=N)N. The van der Waals surface area contributed by atoms with Gasteiger partial charge in [0, 0.05) is 20.2 Å². The Kier molecular flexibility index (Phi) is 6.38. The van der Waals surface area contributed by atoms with Gasteiger partial charge in [0.25, 0.3) is 0 Å². The van der Waals surface area contributed by atoms with E-state index in [1.807, 2.05) is 0 Å². The highest BCUT2D eigenvalue weighted by molar-refractivity contribution is 6.76. The molecule has 6 heteroatoms. The van der Waals surface area contributed by atoms with E-state index in [-0.39, 0.29) is 12.6 Å². The smallest absolute Gasteiger partial charge is 0.189 e. The lowest BCUT2D eigenvalue weighted by atomic mass is 10.0. The number of hydrogen-bond acceptors (Lipinski definition) is 4. The number of rotatable bonds is 8. The molecule has 1 rings (SSSR count). The number of hydrogen-bond donors (Lipinski definition) is 3. The molecule has 1 unspecified atom stereocenters. The topological polar surface area (TPSA) is 88.6 Å². The number of nitrogen functional groups attached to an aromatic ring is 1. The largest absolute Gasteiger partial charge is 0.468 e. The zero-order valence-electron chi connectivity index (χ0n) is 13.3. The molecule has 4 N–H and O–H groups in total. The second-order valence-electron chi connectivity index (χ2n) is 6.32. The van der Waals surface area contributed by atoms with Crippen molar-refractivity contribution in [2.45, 2.75) is 38.7 Å². The quantitative estimate of drug-likeness (QED) is 0.226. The Hall–Kier alpha value is -1.37. The third-order valence-corrected chi connectivity index (χ3v) is 4.77. The van der Waals surface area contributed by atoms with Crippen molar-refractivity contribution in [2.24, 2.45) is 5.73 Å². The van der Waals surface area contributed by atoms with Crippen LogP contribution in [0.4, 0.5) is 0 Å². The van der Waals surface area contributed by atoms with E-state index in [9.17, 15) is 5.11 Å². The Morgan fingerprint density at radius 3 is 2.57 bits per heavy atom. The maximum Gasteiger partial charge on any atom is 0.189 e. The first-order valence-electron chi connectivity index (χ1n) is 7.07. The summed E-state index contributed by atoms with van der Waals surface area (Å²) in [6, 6.07) is 6.20. The molecule has 1 aromatic carbocycles. The fourth-order valence-electron chi connectivity index (χ4n) is 1.77. The Morgan fingerprint density at radius 2 is 2.05 bits per heavy atom. The van der Waals surface area contributed by atoms with Crippen molar-refractivity contribution in [3.63, 3.8) is 0 Å². The van der Waals surface area contributed by atoms with Crippen LogP contribution in [0.25, 0.3) is 0 Å². The van der Waals surface area contributed by atoms with Crippen molar-refractivity contribution in [3.05, 3.63) is 29.3 Å². The lowest BCUT2D eigenvalue weighted by molar-refractivity contribution is 0.0219. The van der Waals surface area contributed by atoms with Crippen molar-refractivity contribution in [1.29, 1.82) is 5.41 Å². The molecule has 0 aromatic heterocycles. The number of benzene rings is 1. The maximum absolute atomic E-state index is 9.74. The first kappa shape index (κ1) is 17.7. The van der Waals surface area contributed by atoms with Gasteiger partial charge in [0.05, 0.1) is 6.10 Å². The highest BCUT2D eigenvalue weighted by Gasteiger charge is 2.13. The van der Waals surface area contributed by atoms with Crippen molar-refractivity contribution < 1.29 is 14.6 Å². The van der Waals surface area contributed by atoms with Gasteiger partial charge in [-0.1, -0.05) is 19.6 Å². The first-order chi connectivity index (χ1) is 9.70. The second kappa shape index (κ2) is 7.58. The van der Waals surface area contributed by atoms with Crippen LogP contribution in [0.3, 0.4) is 0 Å². The average Bonchev–Trinajstić information content (AvgIpc) is 2.36. The highest BCUT2D eigenvalue weighted by Crippen LogP contribution is 2.23. The molecule has 0 heterocycles. The highest BCUT2D eigenvalue weighted by atomic mass is 28.3. The third-order valence-electron chi connectivity index (χ3n) is 3.07. The molecule has 21 heavy (non-hydrogen) atoms. The monoisotopic (exact) mass is 310 g/mol. The molecule has 0 amide bonds. The van der Waals surface area contributed by atoms with Crippen LogP contribution in [0.5, 0.6) is 5.75 Å². The van der Waals surface area contributed by atoms with Crippen molar-refractivity contribution in [3.8, 4) is 5.75 Å². The van der Waals surface area contributed by atoms with Gasteiger partial charge in [-0.3, -0.25) is 5.41 Å². The standard InChI is InChI=1S/C15H26N2O3Si/c1-11(18)14-9-12(5-6-13(14)15(16)17)20-10-19-7-8-21(2,3)4/h5-6,9,11,18H,7-8,10H2,1-4H3,(H3,16,17). The van der Waals surface area contributed by atoms with E-state index in [2.05, 4.69) is 19.6 Å². The Labute approximate surface area is 127 Å². The van der Waals surface area contributed by atoms with Gasteiger partial charge < -0.3 is 20.3 Å². The zero-order chi connectivity index (χ0) is 16.0. The molecule has 118 valence electrons.